The van der Waals surface area contributed by atoms with E-state index >= 15 is 0 Å². The van der Waals surface area contributed by atoms with Crippen LogP contribution in [-0.2, 0) is 12.8 Å². The summed E-state index contributed by atoms with van der Waals surface area (Å²) in [5.74, 6) is 1.11. The molecule has 1 aromatic heterocycles. The lowest BCUT2D eigenvalue weighted by molar-refractivity contribution is 0.415. The largest absolute Gasteiger partial charge is 0.508 e. The van der Waals surface area contributed by atoms with Gasteiger partial charge in [0.05, 0.1) is 24.2 Å². The van der Waals surface area contributed by atoms with Gasteiger partial charge < -0.3 is 9.84 Å². The predicted molar refractivity (Wildman–Crippen MR) is 89.4 cm³/mol. The number of hydrogen-bond donors (Lipinski definition) is 1. The molecule has 1 aliphatic carbocycles. The number of phenolic OH excluding ortho intramolecular Hbond substituents is 1. The molecule has 23 heavy (non-hydrogen) atoms. The fourth-order valence-corrected chi connectivity index (χ4v) is 3.30. The molecule has 116 valence electrons. The number of hydrogen-bond acceptors (Lipinski definition) is 3. The Morgan fingerprint density at radius 1 is 1.09 bits per heavy atom. The van der Waals surface area contributed by atoms with Gasteiger partial charge in [0.2, 0.25) is 0 Å². The Bertz CT molecular complexity index is 879. The molecule has 2 aromatic carbocycles. The van der Waals surface area contributed by atoms with Gasteiger partial charge in [-0.2, -0.15) is 5.10 Å². The summed E-state index contributed by atoms with van der Waals surface area (Å²) in [5.41, 5.74) is 6.93. The van der Waals surface area contributed by atoms with Gasteiger partial charge in [-0.05, 0) is 61.7 Å². The molecule has 0 atom stereocenters. The van der Waals surface area contributed by atoms with E-state index < -0.39 is 0 Å². The minimum atomic E-state index is 0.258. The normalized spacial score (nSPS) is 12.6. The molecule has 4 rings (SSSR count). The monoisotopic (exact) mass is 306 g/mol. The van der Waals surface area contributed by atoms with Crippen molar-refractivity contribution >= 4 is 0 Å². The van der Waals surface area contributed by atoms with Gasteiger partial charge in [-0.3, -0.25) is 0 Å². The van der Waals surface area contributed by atoms with E-state index in [1.807, 2.05) is 22.9 Å². The quantitative estimate of drug-likeness (QED) is 0.786. The third-order valence-corrected chi connectivity index (χ3v) is 4.50. The van der Waals surface area contributed by atoms with Crippen molar-refractivity contribution in [2.24, 2.45) is 0 Å². The van der Waals surface area contributed by atoms with Gasteiger partial charge in [-0.15, -0.1) is 0 Å². The van der Waals surface area contributed by atoms with Crippen LogP contribution in [0.2, 0.25) is 0 Å². The average molecular weight is 306 g/mol. The highest BCUT2D eigenvalue weighted by molar-refractivity contribution is 5.74. The van der Waals surface area contributed by atoms with Crippen molar-refractivity contribution in [2.75, 3.05) is 7.11 Å². The molecule has 1 N–H and O–H groups in total. The smallest absolute Gasteiger partial charge is 0.119 e. The summed E-state index contributed by atoms with van der Waals surface area (Å²) in [6.45, 7) is 2.06. The highest BCUT2D eigenvalue weighted by Crippen LogP contribution is 2.38. The van der Waals surface area contributed by atoms with Gasteiger partial charge in [0.25, 0.3) is 0 Å². The van der Waals surface area contributed by atoms with Gasteiger partial charge in [0.15, 0.2) is 0 Å². The summed E-state index contributed by atoms with van der Waals surface area (Å²) in [4.78, 5) is 0. The lowest BCUT2D eigenvalue weighted by atomic mass is 9.89. The standard InChI is InChI=1S/C19H18N2O2/c1-12-17-10-4-13-3-9-16(23-2)11-18(13)19(17)21(20-12)14-5-7-15(22)8-6-14/h3,5-9,11,22H,4,10H2,1-2H3. The third kappa shape index (κ3) is 2.18. The zero-order valence-electron chi connectivity index (χ0n) is 13.2. The Kier molecular flexibility index (Phi) is 3.11. The highest BCUT2D eigenvalue weighted by atomic mass is 16.5. The number of ether oxygens (including phenoxy) is 1. The summed E-state index contributed by atoms with van der Waals surface area (Å²) in [7, 11) is 1.69. The van der Waals surface area contributed by atoms with E-state index in [1.54, 1.807) is 19.2 Å². The average Bonchev–Trinajstić information content (AvgIpc) is 2.92. The first-order valence-electron chi connectivity index (χ1n) is 7.72. The van der Waals surface area contributed by atoms with Crippen molar-refractivity contribution in [3.05, 3.63) is 59.3 Å². The van der Waals surface area contributed by atoms with Gasteiger partial charge >= 0.3 is 0 Å². The SMILES string of the molecule is COc1ccc2c(c1)-c1c(c(C)nn1-c1ccc(O)cc1)CC2. The maximum atomic E-state index is 9.53. The number of aryl methyl sites for hydroxylation is 2. The van der Waals surface area contributed by atoms with Crippen molar-refractivity contribution < 1.29 is 9.84 Å². The highest BCUT2D eigenvalue weighted by Gasteiger charge is 2.24. The van der Waals surface area contributed by atoms with Crippen molar-refractivity contribution in [3.8, 4) is 28.4 Å². The van der Waals surface area contributed by atoms with E-state index in [2.05, 4.69) is 19.1 Å². The topological polar surface area (TPSA) is 47.3 Å². The Hall–Kier alpha value is -2.75. The molecule has 3 aromatic rings. The van der Waals surface area contributed by atoms with Gasteiger partial charge in [0, 0.05) is 11.1 Å². The second-order valence-corrected chi connectivity index (χ2v) is 5.86. The van der Waals surface area contributed by atoms with Crippen LogP contribution in [0.25, 0.3) is 16.9 Å². The third-order valence-electron chi connectivity index (χ3n) is 4.50. The molecular weight excluding hydrogens is 288 g/mol. The van der Waals surface area contributed by atoms with Crippen molar-refractivity contribution in [1.82, 2.24) is 9.78 Å². The maximum Gasteiger partial charge on any atom is 0.119 e. The summed E-state index contributed by atoms with van der Waals surface area (Å²) in [6, 6.07) is 13.4. The van der Waals surface area contributed by atoms with Crippen molar-refractivity contribution in [1.29, 1.82) is 0 Å². The van der Waals surface area contributed by atoms with Crippen LogP contribution >= 0.6 is 0 Å². The molecule has 0 fully saturated rings. The van der Waals surface area contributed by atoms with E-state index in [0.717, 1.165) is 35.7 Å². The van der Waals surface area contributed by atoms with Crippen LogP contribution in [0.15, 0.2) is 42.5 Å². The Morgan fingerprint density at radius 3 is 2.61 bits per heavy atom. The molecule has 0 aliphatic heterocycles. The first kappa shape index (κ1) is 13.9. The predicted octanol–water partition coefficient (Wildman–Crippen LogP) is 3.66. The molecule has 0 amide bonds. The van der Waals surface area contributed by atoms with E-state index in [4.69, 9.17) is 9.84 Å². The van der Waals surface area contributed by atoms with Crippen LogP contribution < -0.4 is 4.74 Å². The molecule has 1 aliphatic rings. The number of nitrogens with zero attached hydrogens (tertiary/aromatic N) is 2. The Morgan fingerprint density at radius 2 is 1.87 bits per heavy atom. The first-order valence-corrected chi connectivity index (χ1v) is 7.72. The molecule has 0 unspecified atom stereocenters. The molecule has 4 nitrogen and oxygen atoms in total. The van der Waals surface area contributed by atoms with Crippen LogP contribution in [0.1, 0.15) is 16.8 Å². The summed E-state index contributed by atoms with van der Waals surface area (Å²) in [6.07, 6.45) is 2.02. The molecule has 1 heterocycles. The van der Waals surface area contributed by atoms with E-state index in [-0.39, 0.29) is 5.75 Å². The van der Waals surface area contributed by atoms with E-state index in [1.165, 1.54) is 16.7 Å². The number of benzene rings is 2. The zero-order chi connectivity index (χ0) is 16.0. The fourth-order valence-electron chi connectivity index (χ4n) is 3.30. The molecule has 0 saturated heterocycles. The lowest BCUT2D eigenvalue weighted by Crippen LogP contribution is -2.07. The number of methoxy groups -OCH3 is 1. The minimum Gasteiger partial charge on any atom is -0.508 e. The lowest BCUT2D eigenvalue weighted by Gasteiger charge is -2.19. The number of fused-ring (bicyclic) bond motifs is 3. The molecule has 4 heteroatoms. The Balaban J connectivity index is 1.96. The van der Waals surface area contributed by atoms with Crippen LogP contribution in [0.3, 0.4) is 0 Å². The molecule has 0 radical (unpaired) electrons. The molecule has 0 bridgehead atoms. The number of phenols is 1. The Labute approximate surface area is 135 Å². The van der Waals surface area contributed by atoms with Gasteiger partial charge in [-0.1, -0.05) is 6.07 Å². The fraction of sp³-hybridized carbons (Fsp3) is 0.211. The number of aromatic hydroxyl groups is 1. The number of rotatable bonds is 2. The second-order valence-electron chi connectivity index (χ2n) is 5.86. The second kappa shape index (κ2) is 5.16. The minimum absolute atomic E-state index is 0.258. The van der Waals surface area contributed by atoms with Crippen molar-refractivity contribution in [2.45, 2.75) is 19.8 Å². The van der Waals surface area contributed by atoms with Crippen LogP contribution in [0.5, 0.6) is 11.5 Å². The number of aromatic nitrogens is 2. The summed E-state index contributed by atoms with van der Waals surface area (Å²) < 4.78 is 7.37. The molecule has 0 saturated carbocycles. The maximum absolute atomic E-state index is 9.53. The van der Waals surface area contributed by atoms with Crippen molar-refractivity contribution in [3.63, 3.8) is 0 Å². The summed E-state index contributed by atoms with van der Waals surface area (Å²) >= 11 is 0. The van der Waals surface area contributed by atoms with Crippen LogP contribution in [-0.4, -0.2) is 22.0 Å². The molecule has 0 spiro atoms. The summed E-state index contributed by atoms with van der Waals surface area (Å²) in [5, 5.41) is 14.3. The van der Waals surface area contributed by atoms with Gasteiger partial charge in [-0.25, -0.2) is 4.68 Å². The van der Waals surface area contributed by atoms with Gasteiger partial charge in [0.1, 0.15) is 11.5 Å². The van der Waals surface area contributed by atoms with Crippen LogP contribution in [0.4, 0.5) is 0 Å². The van der Waals surface area contributed by atoms with E-state index in [9.17, 15) is 5.11 Å². The van der Waals surface area contributed by atoms with Crippen LogP contribution in [0, 0.1) is 6.92 Å². The van der Waals surface area contributed by atoms with E-state index in [0.29, 0.717) is 0 Å². The zero-order valence-corrected chi connectivity index (χ0v) is 13.2. The molecular formula is C19H18N2O2. The first-order chi connectivity index (χ1) is 11.2.